The normalized spacial score (nSPS) is 14.5. The van der Waals surface area contributed by atoms with Crippen molar-refractivity contribution in [2.75, 3.05) is 13.1 Å². The maximum atomic E-state index is 12.9. The van der Waals surface area contributed by atoms with Crippen molar-refractivity contribution in [3.8, 4) is 0 Å². The summed E-state index contributed by atoms with van der Waals surface area (Å²) in [5, 5.41) is 11.7. The largest absolute Gasteiger partial charge is 0.346 e. The molecule has 0 aliphatic carbocycles. The third-order valence-corrected chi connectivity index (χ3v) is 6.59. The fourth-order valence-electron chi connectivity index (χ4n) is 4.70. The first-order valence-electron chi connectivity index (χ1n) is 11.6. The van der Waals surface area contributed by atoms with Crippen molar-refractivity contribution in [1.29, 1.82) is 0 Å². The van der Waals surface area contributed by atoms with Gasteiger partial charge in [-0.05, 0) is 61.6 Å². The van der Waals surface area contributed by atoms with Crippen LogP contribution in [0.3, 0.4) is 0 Å². The molecule has 4 aromatic rings. The molecular formula is C26H28N6O2. The van der Waals surface area contributed by atoms with Gasteiger partial charge in [-0.1, -0.05) is 18.2 Å². The number of aromatic nitrogens is 4. The number of nitrogens with zero attached hydrogens (tertiary/aromatic N) is 5. The standard InChI is InChI=1S/C26H28N6O2/c1-18-14-22(30(2)29-18)16-27-25(33)23-17-28-32-13-10-21(15-24(23)32)19-8-11-31(12-9-19)26(34)20-6-4-3-5-7-20/h3-7,10,13-15,17,19H,8-9,11-12,16H2,1-2H3,(H,27,33). The van der Waals surface area contributed by atoms with Crippen molar-refractivity contribution in [3.63, 3.8) is 0 Å². The van der Waals surface area contributed by atoms with Gasteiger partial charge in [-0.3, -0.25) is 14.3 Å². The lowest BCUT2D eigenvalue weighted by Gasteiger charge is -2.32. The molecule has 0 radical (unpaired) electrons. The van der Waals surface area contributed by atoms with Gasteiger partial charge in [0.2, 0.25) is 0 Å². The lowest BCUT2D eigenvalue weighted by molar-refractivity contribution is 0.0712. The van der Waals surface area contributed by atoms with Crippen LogP contribution in [0.4, 0.5) is 0 Å². The first kappa shape index (κ1) is 21.9. The lowest BCUT2D eigenvalue weighted by Crippen LogP contribution is -2.37. The molecule has 0 spiro atoms. The number of carbonyl (C=O) groups excluding carboxylic acids is 2. The van der Waals surface area contributed by atoms with E-state index >= 15 is 0 Å². The molecule has 0 saturated carbocycles. The number of aryl methyl sites for hydroxylation is 2. The summed E-state index contributed by atoms with van der Waals surface area (Å²) in [5.74, 6) is 0.273. The predicted octanol–water partition coefficient (Wildman–Crippen LogP) is 3.33. The quantitative estimate of drug-likeness (QED) is 0.499. The van der Waals surface area contributed by atoms with Gasteiger partial charge in [0.05, 0.1) is 35.2 Å². The molecule has 5 rings (SSSR count). The highest BCUT2D eigenvalue weighted by Crippen LogP contribution is 2.30. The molecule has 2 amide bonds. The van der Waals surface area contributed by atoms with Gasteiger partial charge in [0.1, 0.15) is 0 Å². The van der Waals surface area contributed by atoms with E-state index in [2.05, 4.69) is 27.6 Å². The number of benzene rings is 1. The van der Waals surface area contributed by atoms with Crippen LogP contribution in [-0.2, 0) is 13.6 Å². The molecular weight excluding hydrogens is 428 g/mol. The van der Waals surface area contributed by atoms with Gasteiger partial charge < -0.3 is 10.2 Å². The van der Waals surface area contributed by atoms with E-state index in [0.29, 0.717) is 18.0 Å². The van der Waals surface area contributed by atoms with Crippen molar-refractivity contribution in [3.05, 3.63) is 89.0 Å². The maximum absolute atomic E-state index is 12.9. The zero-order valence-corrected chi connectivity index (χ0v) is 19.4. The van der Waals surface area contributed by atoms with E-state index in [9.17, 15) is 9.59 Å². The molecule has 0 bridgehead atoms. The predicted molar refractivity (Wildman–Crippen MR) is 129 cm³/mol. The molecule has 1 N–H and O–H groups in total. The second-order valence-corrected chi connectivity index (χ2v) is 8.86. The average Bonchev–Trinajstić information content (AvgIpc) is 3.44. The zero-order valence-electron chi connectivity index (χ0n) is 19.4. The number of fused-ring (bicyclic) bond motifs is 1. The Labute approximate surface area is 198 Å². The van der Waals surface area contributed by atoms with E-state index < -0.39 is 0 Å². The minimum absolute atomic E-state index is 0.0906. The molecule has 3 aromatic heterocycles. The van der Waals surface area contributed by atoms with E-state index in [4.69, 9.17) is 0 Å². The van der Waals surface area contributed by atoms with E-state index in [1.165, 1.54) is 5.56 Å². The number of pyridine rings is 1. The van der Waals surface area contributed by atoms with Crippen LogP contribution in [0.1, 0.15) is 56.4 Å². The number of nitrogens with one attached hydrogen (secondary N) is 1. The van der Waals surface area contributed by atoms with E-state index in [1.54, 1.807) is 15.4 Å². The molecule has 1 aliphatic heterocycles. The molecule has 0 atom stereocenters. The molecule has 174 valence electrons. The molecule has 0 unspecified atom stereocenters. The Morgan fingerprint density at radius 1 is 1.09 bits per heavy atom. The highest BCUT2D eigenvalue weighted by molar-refractivity contribution is 6.00. The number of amides is 2. The highest BCUT2D eigenvalue weighted by atomic mass is 16.2. The SMILES string of the molecule is Cc1cc(CNC(=O)c2cnn3ccc(C4CCN(C(=O)c5ccccc5)CC4)cc23)n(C)n1. The van der Waals surface area contributed by atoms with Gasteiger partial charge in [-0.25, -0.2) is 4.52 Å². The highest BCUT2D eigenvalue weighted by Gasteiger charge is 2.25. The van der Waals surface area contributed by atoms with Gasteiger partial charge in [0, 0.05) is 31.9 Å². The Balaban J connectivity index is 1.27. The third-order valence-electron chi connectivity index (χ3n) is 6.59. The molecule has 8 nitrogen and oxygen atoms in total. The van der Waals surface area contributed by atoms with Crippen LogP contribution in [0.25, 0.3) is 5.52 Å². The summed E-state index contributed by atoms with van der Waals surface area (Å²) in [4.78, 5) is 27.6. The van der Waals surface area contributed by atoms with Gasteiger partial charge in [0.25, 0.3) is 11.8 Å². The van der Waals surface area contributed by atoms with Gasteiger partial charge in [-0.15, -0.1) is 0 Å². The summed E-state index contributed by atoms with van der Waals surface area (Å²) in [6.07, 6.45) is 5.31. The topological polar surface area (TPSA) is 84.5 Å². The second kappa shape index (κ2) is 9.13. The Bertz CT molecular complexity index is 1330. The molecule has 1 fully saturated rings. The summed E-state index contributed by atoms with van der Waals surface area (Å²) < 4.78 is 3.51. The van der Waals surface area contributed by atoms with Crippen LogP contribution in [0.2, 0.25) is 0 Å². The van der Waals surface area contributed by atoms with Gasteiger partial charge in [-0.2, -0.15) is 10.2 Å². The molecule has 1 saturated heterocycles. The summed E-state index contributed by atoms with van der Waals surface area (Å²) in [6, 6.07) is 15.5. The minimum atomic E-state index is -0.158. The fourth-order valence-corrected chi connectivity index (χ4v) is 4.70. The van der Waals surface area contributed by atoms with Crippen LogP contribution in [0.5, 0.6) is 0 Å². The number of rotatable bonds is 5. The molecule has 34 heavy (non-hydrogen) atoms. The molecule has 8 heteroatoms. The van der Waals surface area contributed by atoms with Crippen LogP contribution >= 0.6 is 0 Å². The fraction of sp³-hybridized carbons (Fsp3) is 0.308. The van der Waals surface area contributed by atoms with E-state index in [0.717, 1.165) is 48.4 Å². The van der Waals surface area contributed by atoms with Crippen LogP contribution in [-0.4, -0.2) is 49.2 Å². The Hall–Kier alpha value is -3.94. The Morgan fingerprint density at radius 2 is 1.85 bits per heavy atom. The number of likely N-dealkylation sites (tertiary alicyclic amines) is 1. The van der Waals surface area contributed by atoms with Crippen molar-refractivity contribution < 1.29 is 9.59 Å². The smallest absolute Gasteiger partial charge is 0.255 e. The Kier molecular flexibility index (Phi) is 5.88. The van der Waals surface area contributed by atoms with E-state index in [-0.39, 0.29) is 11.8 Å². The van der Waals surface area contributed by atoms with Crippen molar-refractivity contribution in [1.82, 2.24) is 29.6 Å². The second-order valence-electron chi connectivity index (χ2n) is 8.86. The summed E-state index contributed by atoms with van der Waals surface area (Å²) in [6.45, 7) is 3.78. The summed E-state index contributed by atoms with van der Waals surface area (Å²) in [5.41, 5.74) is 5.12. The summed E-state index contributed by atoms with van der Waals surface area (Å²) in [7, 11) is 1.87. The average molecular weight is 457 g/mol. The number of hydrogen-bond donors (Lipinski definition) is 1. The molecule has 1 aromatic carbocycles. The summed E-state index contributed by atoms with van der Waals surface area (Å²) >= 11 is 0. The van der Waals surface area contributed by atoms with E-state index in [1.807, 2.05) is 61.5 Å². The zero-order chi connectivity index (χ0) is 23.7. The molecule has 4 heterocycles. The van der Waals surface area contributed by atoms with Crippen molar-refractivity contribution in [2.24, 2.45) is 7.05 Å². The van der Waals surface area contributed by atoms with Crippen LogP contribution < -0.4 is 5.32 Å². The lowest BCUT2D eigenvalue weighted by atomic mass is 9.89. The first-order valence-corrected chi connectivity index (χ1v) is 11.6. The number of carbonyl (C=O) groups is 2. The first-order chi connectivity index (χ1) is 16.5. The third kappa shape index (κ3) is 4.31. The number of piperidine rings is 1. The van der Waals surface area contributed by atoms with Gasteiger partial charge >= 0.3 is 0 Å². The van der Waals surface area contributed by atoms with Crippen molar-refractivity contribution >= 4 is 17.3 Å². The number of hydrogen-bond acceptors (Lipinski definition) is 4. The minimum Gasteiger partial charge on any atom is -0.346 e. The Morgan fingerprint density at radius 3 is 2.56 bits per heavy atom. The monoisotopic (exact) mass is 456 g/mol. The van der Waals surface area contributed by atoms with Crippen molar-refractivity contribution in [2.45, 2.75) is 32.2 Å². The molecule has 1 aliphatic rings. The van der Waals surface area contributed by atoms with Crippen LogP contribution in [0.15, 0.2) is 60.9 Å². The maximum Gasteiger partial charge on any atom is 0.255 e. The van der Waals surface area contributed by atoms with Crippen LogP contribution in [0, 0.1) is 6.92 Å². The van der Waals surface area contributed by atoms with Gasteiger partial charge in [0.15, 0.2) is 0 Å².